The normalized spacial score (nSPS) is 12.5. The minimum Gasteiger partial charge on any atom is -0.460 e. The summed E-state index contributed by atoms with van der Waals surface area (Å²) < 4.78 is 16.6. The average molecular weight is 342 g/mol. The summed E-state index contributed by atoms with van der Waals surface area (Å²) in [4.78, 5) is 0. The lowest BCUT2D eigenvalue weighted by molar-refractivity contribution is 0.174. The molecule has 1 aliphatic rings. The molecular weight excluding hydrogens is 326 g/mol. The van der Waals surface area contributed by atoms with E-state index in [1.54, 1.807) is 0 Å². The van der Waals surface area contributed by atoms with E-state index in [1.165, 1.54) is 0 Å². The summed E-state index contributed by atoms with van der Waals surface area (Å²) in [5.74, 6) is 3.30. The molecule has 2 heterocycles. The fraction of sp³-hybridized carbons (Fsp3) is 0.158. The van der Waals surface area contributed by atoms with Crippen LogP contribution in [0.15, 0.2) is 59.0 Å². The lowest BCUT2D eigenvalue weighted by Gasteiger charge is -2.04. The number of benzene rings is 2. The number of rotatable bonds is 5. The van der Waals surface area contributed by atoms with Crippen molar-refractivity contribution in [2.45, 2.75) is 13.1 Å². The summed E-state index contributed by atoms with van der Waals surface area (Å²) in [6.45, 7) is 1.67. The first-order chi connectivity index (χ1) is 11.8. The zero-order valence-electron chi connectivity index (χ0n) is 12.9. The van der Waals surface area contributed by atoms with Crippen molar-refractivity contribution in [2.75, 3.05) is 6.79 Å². The van der Waals surface area contributed by atoms with E-state index in [9.17, 15) is 0 Å². The third-order valence-corrected chi connectivity index (χ3v) is 4.07. The number of furan rings is 1. The van der Waals surface area contributed by atoms with Crippen LogP contribution in [0.25, 0.3) is 11.3 Å². The third kappa shape index (κ3) is 3.25. The Kier molecular flexibility index (Phi) is 4.15. The molecule has 1 aromatic heterocycles. The van der Waals surface area contributed by atoms with Crippen molar-refractivity contribution in [3.63, 3.8) is 0 Å². The molecule has 0 unspecified atom stereocenters. The van der Waals surface area contributed by atoms with Crippen molar-refractivity contribution in [1.82, 2.24) is 5.32 Å². The summed E-state index contributed by atoms with van der Waals surface area (Å²) in [6, 6.07) is 17.5. The Hall–Kier alpha value is -2.43. The van der Waals surface area contributed by atoms with Crippen molar-refractivity contribution in [3.05, 3.63) is 70.9 Å². The second-order valence-electron chi connectivity index (χ2n) is 5.57. The van der Waals surface area contributed by atoms with Crippen LogP contribution in [-0.4, -0.2) is 6.79 Å². The largest absolute Gasteiger partial charge is 0.460 e. The van der Waals surface area contributed by atoms with Gasteiger partial charge in [-0.3, -0.25) is 0 Å². The van der Waals surface area contributed by atoms with E-state index in [-0.39, 0.29) is 0 Å². The molecule has 3 aromatic rings. The van der Waals surface area contributed by atoms with Gasteiger partial charge in [-0.05, 0) is 42.0 Å². The van der Waals surface area contributed by atoms with E-state index < -0.39 is 0 Å². The Morgan fingerprint density at radius 2 is 1.83 bits per heavy atom. The highest BCUT2D eigenvalue weighted by molar-refractivity contribution is 6.30. The maximum Gasteiger partial charge on any atom is 0.231 e. The van der Waals surface area contributed by atoms with Gasteiger partial charge in [-0.15, -0.1) is 0 Å². The number of hydrogen-bond donors (Lipinski definition) is 1. The Morgan fingerprint density at radius 3 is 2.75 bits per heavy atom. The van der Waals surface area contributed by atoms with E-state index in [2.05, 4.69) is 5.32 Å². The molecule has 0 atom stereocenters. The molecule has 0 fully saturated rings. The van der Waals surface area contributed by atoms with Crippen molar-refractivity contribution in [1.29, 1.82) is 0 Å². The molecular formula is C19H16ClNO3. The molecule has 0 saturated carbocycles. The first-order valence-corrected chi connectivity index (χ1v) is 8.10. The monoisotopic (exact) mass is 341 g/mol. The summed E-state index contributed by atoms with van der Waals surface area (Å²) in [5.41, 5.74) is 2.12. The number of halogens is 1. The summed E-state index contributed by atoms with van der Waals surface area (Å²) >= 11 is 6.02. The molecule has 2 aromatic carbocycles. The van der Waals surface area contributed by atoms with Gasteiger partial charge in [0, 0.05) is 17.1 Å². The van der Waals surface area contributed by atoms with Crippen molar-refractivity contribution < 1.29 is 13.9 Å². The van der Waals surface area contributed by atoms with Crippen LogP contribution in [0.1, 0.15) is 11.3 Å². The molecule has 0 spiro atoms. The van der Waals surface area contributed by atoms with Crippen molar-refractivity contribution in [2.24, 2.45) is 0 Å². The van der Waals surface area contributed by atoms with Crippen LogP contribution < -0.4 is 14.8 Å². The molecule has 122 valence electrons. The molecule has 1 aliphatic heterocycles. The van der Waals surface area contributed by atoms with Crippen LogP contribution in [0.4, 0.5) is 0 Å². The molecule has 0 bridgehead atoms. The SMILES string of the molecule is Clc1cccc(-c2ccc(CNCc3ccc4c(c3)OCO4)o2)c1. The highest BCUT2D eigenvalue weighted by Crippen LogP contribution is 2.32. The molecule has 1 N–H and O–H groups in total. The maximum atomic E-state index is 6.02. The second-order valence-corrected chi connectivity index (χ2v) is 6.00. The van der Waals surface area contributed by atoms with Gasteiger partial charge < -0.3 is 19.2 Å². The Balaban J connectivity index is 1.37. The van der Waals surface area contributed by atoms with E-state index in [0.29, 0.717) is 18.4 Å². The lowest BCUT2D eigenvalue weighted by atomic mass is 10.2. The van der Waals surface area contributed by atoms with Crippen molar-refractivity contribution >= 4 is 11.6 Å². The standard InChI is InChI=1S/C19H16ClNO3/c20-15-3-1-2-14(9-15)17-7-5-16(24-17)11-21-10-13-4-6-18-19(8-13)23-12-22-18/h1-9,21H,10-12H2. The fourth-order valence-corrected chi connectivity index (χ4v) is 2.84. The maximum absolute atomic E-state index is 6.02. The fourth-order valence-electron chi connectivity index (χ4n) is 2.65. The van der Waals surface area contributed by atoms with Crippen LogP contribution in [0, 0.1) is 0 Å². The van der Waals surface area contributed by atoms with Crippen LogP contribution in [0.3, 0.4) is 0 Å². The zero-order valence-corrected chi connectivity index (χ0v) is 13.7. The quantitative estimate of drug-likeness (QED) is 0.735. The molecule has 4 rings (SSSR count). The zero-order chi connectivity index (χ0) is 16.4. The highest BCUT2D eigenvalue weighted by Gasteiger charge is 2.13. The Bertz CT molecular complexity index is 859. The van der Waals surface area contributed by atoms with Gasteiger partial charge in [-0.2, -0.15) is 0 Å². The molecule has 0 saturated heterocycles. The molecule has 0 aliphatic carbocycles. The topological polar surface area (TPSA) is 43.6 Å². The van der Waals surface area contributed by atoms with Gasteiger partial charge in [0.15, 0.2) is 11.5 Å². The number of fused-ring (bicyclic) bond motifs is 1. The molecule has 24 heavy (non-hydrogen) atoms. The predicted octanol–water partition coefficient (Wildman–Crippen LogP) is 4.62. The van der Waals surface area contributed by atoms with Crippen LogP contribution in [0.2, 0.25) is 5.02 Å². The predicted molar refractivity (Wildman–Crippen MR) is 92.3 cm³/mol. The van der Waals surface area contributed by atoms with Gasteiger partial charge in [0.1, 0.15) is 11.5 Å². The smallest absolute Gasteiger partial charge is 0.231 e. The number of ether oxygens (including phenoxy) is 2. The Morgan fingerprint density at radius 1 is 0.917 bits per heavy atom. The van der Waals surface area contributed by atoms with Gasteiger partial charge in [0.05, 0.1) is 6.54 Å². The third-order valence-electron chi connectivity index (χ3n) is 3.84. The van der Waals surface area contributed by atoms with Crippen LogP contribution >= 0.6 is 11.6 Å². The van der Waals surface area contributed by atoms with E-state index in [4.69, 9.17) is 25.5 Å². The molecule has 0 amide bonds. The first-order valence-electron chi connectivity index (χ1n) is 7.72. The van der Waals surface area contributed by atoms with Gasteiger partial charge in [-0.1, -0.05) is 29.8 Å². The van der Waals surface area contributed by atoms with Crippen LogP contribution in [0.5, 0.6) is 11.5 Å². The summed E-state index contributed by atoms with van der Waals surface area (Å²) in [5, 5.41) is 4.07. The van der Waals surface area contributed by atoms with Gasteiger partial charge >= 0.3 is 0 Å². The van der Waals surface area contributed by atoms with Gasteiger partial charge in [0.25, 0.3) is 0 Å². The number of hydrogen-bond acceptors (Lipinski definition) is 4. The van der Waals surface area contributed by atoms with Crippen LogP contribution in [-0.2, 0) is 13.1 Å². The molecule has 0 radical (unpaired) electrons. The molecule has 4 nitrogen and oxygen atoms in total. The summed E-state index contributed by atoms with van der Waals surface area (Å²) in [7, 11) is 0. The first kappa shape index (κ1) is 15.1. The number of nitrogens with one attached hydrogen (secondary N) is 1. The Labute approximate surface area is 145 Å². The minimum atomic E-state index is 0.297. The van der Waals surface area contributed by atoms with E-state index in [1.807, 2.05) is 54.6 Å². The van der Waals surface area contributed by atoms with Gasteiger partial charge in [0.2, 0.25) is 6.79 Å². The second kappa shape index (κ2) is 6.59. The average Bonchev–Trinajstić information content (AvgIpc) is 3.23. The molecule has 5 heteroatoms. The summed E-state index contributed by atoms with van der Waals surface area (Å²) in [6.07, 6.45) is 0. The minimum absolute atomic E-state index is 0.297. The van der Waals surface area contributed by atoms with Crippen molar-refractivity contribution in [3.8, 4) is 22.8 Å². The highest BCUT2D eigenvalue weighted by atomic mass is 35.5. The van der Waals surface area contributed by atoms with Gasteiger partial charge in [-0.25, -0.2) is 0 Å². The van der Waals surface area contributed by atoms with E-state index >= 15 is 0 Å². The lowest BCUT2D eigenvalue weighted by Crippen LogP contribution is -2.11. The van der Waals surface area contributed by atoms with E-state index in [0.717, 1.165) is 40.7 Å².